The van der Waals surface area contributed by atoms with Crippen molar-refractivity contribution in [1.29, 1.82) is 0 Å². The van der Waals surface area contributed by atoms with Crippen LogP contribution in [0.2, 0.25) is 26.1 Å². The van der Waals surface area contributed by atoms with Gasteiger partial charge in [0, 0.05) is 0 Å². The molecule has 0 aromatic heterocycles. The van der Waals surface area contributed by atoms with Gasteiger partial charge < -0.3 is 0 Å². The van der Waals surface area contributed by atoms with Gasteiger partial charge in [-0.15, -0.1) is 0 Å². The summed E-state index contributed by atoms with van der Waals surface area (Å²) in [6, 6.07) is 0. The molecule has 1 aliphatic carbocycles. The summed E-state index contributed by atoms with van der Waals surface area (Å²) in [6.45, 7) is 0. The fraction of sp³-hybridized carbons (Fsp3) is 0.667. The standard InChI is InChI=1S/C5H5.C2H5Cl2N.5CH3.Ti/c1-2-4-5-3-1;1-5-2(3)4;;;;;;/h1-3H,4H2;2,5H,1H3;5*1H3;. The van der Waals surface area contributed by atoms with E-state index in [2.05, 4.69) is 49.7 Å². The van der Waals surface area contributed by atoms with Crippen LogP contribution >= 0.6 is 23.2 Å². The second kappa shape index (κ2) is 4.78. The minimum atomic E-state index is -2.61. The van der Waals surface area contributed by atoms with E-state index < -0.39 is 19.0 Å². The summed E-state index contributed by atoms with van der Waals surface area (Å²) in [5.41, 5.74) is 0. The van der Waals surface area contributed by atoms with E-state index in [4.69, 9.17) is 23.2 Å². The molecule has 0 amide bonds. The first kappa shape index (κ1) is 16.7. The van der Waals surface area contributed by atoms with Crippen molar-refractivity contribution in [2.45, 2.75) is 37.5 Å². The molecule has 16 heavy (non-hydrogen) atoms. The summed E-state index contributed by atoms with van der Waals surface area (Å²) in [5.74, 6) is 0. The molecule has 0 aromatic carbocycles. The maximum atomic E-state index is 5.12. The van der Waals surface area contributed by atoms with Crippen LogP contribution in [0.25, 0.3) is 0 Å². The Bertz CT molecular complexity index is 295. The second-order valence-electron chi connectivity index (χ2n) is 8.16. The molecule has 0 aliphatic heterocycles. The van der Waals surface area contributed by atoms with Gasteiger partial charge in [0.05, 0.1) is 0 Å². The number of alkyl halides is 2. The number of nitrogens with one attached hydrogen (secondary N) is 1. The molecule has 96 valence electrons. The predicted octanol–water partition coefficient (Wildman–Crippen LogP) is 5.26. The molecule has 1 N–H and O–H groups in total. The van der Waals surface area contributed by atoms with Crippen LogP contribution < -0.4 is 5.32 Å². The molecule has 0 atom stereocenters. The van der Waals surface area contributed by atoms with Crippen LogP contribution in [0.3, 0.4) is 0 Å². The molecule has 0 radical (unpaired) electrons. The van der Waals surface area contributed by atoms with Gasteiger partial charge in [0.1, 0.15) is 0 Å². The zero-order valence-electron chi connectivity index (χ0n) is 11.3. The first-order valence-electron chi connectivity index (χ1n) is 5.69. The summed E-state index contributed by atoms with van der Waals surface area (Å²) in [5, 5.41) is 15.0. The fourth-order valence-corrected chi connectivity index (χ4v) is 4.60. The fourth-order valence-electron chi connectivity index (χ4n) is 1.37. The Balaban J connectivity index is 0.000000385. The van der Waals surface area contributed by atoms with Crippen LogP contribution in [0.1, 0.15) is 6.42 Å². The Morgan fingerprint density at radius 1 is 1.19 bits per heavy atom. The molecule has 1 aliphatic rings. The van der Waals surface area contributed by atoms with Crippen molar-refractivity contribution in [2.75, 3.05) is 7.05 Å². The van der Waals surface area contributed by atoms with Crippen molar-refractivity contribution >= 4 is 23.2 Å². The van der Waals surface area contributed by atoms with Crippen molar-refractivity contribution < 1.29 is 14.0 Å². The molecule has 0 saturated heterocycles. The molecular weight excluding hydrogens is 277 g/mol. The number of allylic oxidation sites excluding steroid dienone is 4. The van der Waals surface area contributed by atoms with Crippen molar-refractivity contribution in [3.8, 4) is 0 Å². The Morgan fingerprint density at radius 3 is 1.75 bits per heavy atom. The van der Waals surface area contributed by atoms with Crippen molar-refractivity contribution in [3.05, 3.63) is 22.1 Å². The predicted molar refractivity (Wildman–Crippen MR) is 75.7 cm³/mol. The quantitative estimate of drug-likeness (QED) is 0.416. The molecule has 1 rings (SSSR count). The molecule has 4 heteroatoms. The first-order chi connectivity index (χ1) is 6.86. The number of halogens is 2. The number of hydrogen-bond donors (Lipinski definition) is 1. The number of hydrogen-bond acceptors (Lipinski definition) is 1. The molecule has 0 spiro atoms. The summed E-state index contributed by atoms with van der Waals surface area (Å²) in [6.07, 6.45) is 7.98. The van der Waals surface area contributed by atoms with Gasteiger partial charge in [-0.05, 0) is 7.05 Å². The van der Waals surface area contributed by atoms with Crippen LogP contribution in [0, 0.1) is 0 Å². The molecule has 0 saturated carbocycles. The van der Waals surface area contributed by atoms with Crippen LogP contribution in [0.4, 0.5) is 0 Å². The summed E-state index contributed by atoms with van der Waals surface area (Å²) >= 11 is 7.63. The van der Waals surface area contributed by atoms with E-state index in [1.807, 2.05) is 0 Å². The van der Waals surface area contributed by atoms with Crippen LogP contribution in [-0.4, -0.2) is 12.0 Å². The van der Waals surface area contributed by atoms with Crippen LogP contribution in [0.5, 0.6) is 0 Å². The monoisotopic (exact) mass is 301 g/mol. The summed E-state index contributed by atoms with van der Waals surface area (Å²) in [4.78, 5) is -0.421. The van der Waals surface area contributed by atoms with Crippen molar-refractivity contribution in [1.82, 2.24) is 5.32 Å². The van der Waals surface area contributed by atoms with Gasteiger partial charge in [0.15, 0.2) is 4.96 Å². The third-order valence-corrected chi connectivity index (χ3v) is 8.62. The van der Waals surface area contributed by atoms with E-state index in [1.165, 1.54) is 6.42 Å². The molecule has 0 bridgehead atoms. The zero-order chi connectivity index (χ0) is 13.1. The summed E-state index contributed by atoms with van der Waals surface area (Å²) in [7, 11) is 1.69. The topological polar surface area (TPSA) is 12.0 Å². The third kappa shape index (κ3) is 7.14. The summed E-state index contributed by atoms with van der Waals surface area (Å²) < 4.78 is 1.70. The minimum absolute atomic E-state index is 0.421. The Morgan fingerprint density at radius 2 is 1.62 bits per heavy atom. The van der Waals surface area contributed by atoms with Gasteiger partial charge in [-0.2, -0.15) is 0 Å². The average Bonchev–Trinajstić information content (AvgIpc) is 2.53. The zero-order valence-corrected chi connectivity index (χ0v) is 14.3. The molecule has 0 fully saturated rings. The molecular formula is C12H25Cl2NTi. The van der Waals surface area contributed by atoms with Gasteiger partial charge in [-0.25, -0.2) is 0 Å². The Kier molecular flexibility index (Phi) is 5.00. The van der Waals surface area contributed by atoms with Gasteiger partial charge >= 0.3 is 68.7 Å². The van der Waals surface area contributed by atoms with E-state index in [9.17, 15) is 0 Å². The van der Waals surface area contributed by atoms with E-state index in [0.29, 0.717) is 0 Å². The molecule has 0 aromatic rings. The maximum absolute atomic E-state index is 5.12. The normalized spacial score (nSPS) is 19.7. The second-order valence-corrected chi connectivity index (χ2v) is 29.8. The van der Waals surface area contributed by atoms with Gasteiger partial charge in [0.2, 0.25) is 0 Å². The van der Waals surface area contributed by atoms with E-state index in [-0.39, 0.29) is 0 Å². The average molecular weight is 302 g/mol. The molecule has 1 nitrogen and oxygen atoms in total. The van der Waals surface area contributed by atoms with Crippen LogP contribution in [-0.2, 0) is 14.0 Å². The van der Waals surface area contributed by atoms with Gasteiger partial charge in [0.25, 0.3) is 0 Å². The van der Waals surface area contributed by atoms with Crippen molar-refractivity contribution in [2.24, 2.45) is 0 Å². The SMILES string of the molecule is CNC(Cl)Cl.[CH3][Ti]([CH3])([CH3])([CH3])([CH3])[C]1=CC=CC1. The number of rotatable bonds is 2. The van der Waals surface area contributed by atoms with E-state index in [1.54, 1.807) is 10.9 Å². The Hall–Kier alpha value is 0.734. The van der Waals surface area contributed by atoms with E-state index in [0.717, 1.165) is 0 Å². The van der Waals surface area contributed by atoms with Crippen LogP contribution in [0.15, 0.2) is 22.1 Å². The molecule has 0 unspecified atom stereocenters. The molecule has 0 heterocycles. The van der Waals surface area contributed by atoms with E-state index >= 15 is 0 Å². The Labute approximate surface area is 109 Å². The third-order valence-electron chi connectivity index (χ3n) is 2.60. The van der Waals surface area contributed by atoms with Crippen molar-refractivity contribution in [3.63, 3.8) is 0 Å². The van der Waals surface area contributed by atoms with Gasteiger partial charge in [-0.3, -0.25) is 5.32 Å². The first-order valence-corrected chi connectivity index (χ1v) is 15.2. The van der Waals surface area contributed by atoms with Gasteiger partial charge in [-0.1, -0.05) is 23.2 Å².